The molecule has 0 aromatic heterocycles. The molecule has 1 aliphatic heterocycles. The molecule has 0 radical (unpaired) electrons. The van der Waals surface area contributed by atoms with Crippen molar-refractivity contribution >= 4 is 17.8 Å². The first-order valence-electron chi connectivity index (χ1n) is 9.74. The molecule has 0 unspecified atom stereocenters. The van der Waals surface area contributed by atoms with E-state index in [0.29, 0.717) is 39.7 Å². The van der Waals surface area contributed by atoms with Gasteiger partial charge < -0.3 is 23.7 Å². The van der Waals surface area contributed by atoms with Gasteiger partial charge in [-0.25, -0.2) is 4.79 Å². The second kappa shape index (κ2) is 9.26. The van der Waals surface area contributed by atoms with Gasteiger partial charge in [0.05, 0.1) is 19.8 Å². The molecule has 7 heteroatoms. The molecule has 0 N–H and O–H groups in total. The monoisotopic (exact) mass is 432 g/mol. The summed E-state index contributed by atoms with van der Waals surface area (Å²) in [6.45, 7) is 0.109. The predicted octanol–water partition coefficient (Wildman–Crippen LogP) is 4.55. The van der Waals surface area contributed by atoms with Crippen LogP contribution in [0.25, 0.3) is 6.08 Å². The molecule has 0 saturated carbocycles. The number of ether oxygens (including phenoxy) is 5. The van der Waals surface area contributed by atoms with Gasteiger partial charge in [-0.2, -0.15) is 0 Å². The number of rotatable bonds is 7. The maximum Gasteiger partial charge on any atom is 0.343 e. The zero-order valence-electron chi connectivity index (χ0n) is 17.5. The van der Waals surface area contributed by atoms with Crippen LogP contribution in [0.1, 0.15) is 26.3 Å². The van der Waals surface area contributed by atoms with E-state index in [2.05, 4.69) is 0 Å². The molecule has 0 bridgehead atoms. The number of esters is 1. The number of fused-ring (bicyclic) bond motifs is 1. The van der Waals surface area contributed by atoms with Gasteiger partial charge in [-0.15, -0.1) is 0 Å². The summed E-state index contributed by atoms with van der Waals surface area (Å²) in [6.07, 6.45) is 2.99. The highest BCUT2D eigenvalue weighted by molar-refractivity contribution is 6.07. The van der Waals surface area contributed by atoms with Crippen LogP contribution in [0.3, 0.4) is 0 Å². The average Bonchev–Trinajstić information content (AvgIpc) is 3.31. The van der Waals surface area contributed by atoms with Crippen LogP contribution in [0.2, 0.25) is 0 Å². The lowest BCUT2D eigenvalue weighted by Gasteiger charge is -2.12. The Balaban J connectivity index is 1.57. The van der Waals surface area contributed by atoms with Gasteiger partial charge in [-0.05, 0) is 60.7 Å². The molecule has 1 aliphatic rings. The van der Waals surface area contributed by atoms with Crippen LogP contribution < -0.4 is 23.7 Å². The van der Waals surface area contributed by atoms with Crippen LogP contribution >= 0.6 is 0 Å². The number of methoxy groups -OCH3 is 2. The van der Waals surface area contributed by atoms with Gasteiger partial charge in [0.25, 0.3) is 0 Å². The number of ketones is 1. The van der Waals surface area contributed by atoms with Crippen molar-refractivity contribution in [3.63, 3.8) is 0 Å². The van der Waals surface area contributed by atoms with E-state index in [1.165, 1.54) is 13.2 Å². The fraction of sp³-hybridized carbons (Fsp3) is 0.120. The van der Waals surface area contributed by atoms with Gasteiger partial charge in [0.2, 0.25) is 6.79 Å². The topological polar surface area (TPSA) is 80.3 Å². The second-order valence-corrected chi connectivity index (χ2v) is 6.76. The Hall–Kier alpha value is -4.26. The van der Waals surface area contributed by atoms with E-state index >= 15 is 0 Å². The third kappa shape index (κ3) is 4.41. The molecule has 0 atom stereocenters. The number of benzene rings is 3. The van der Waals surface area contributed by atoms with Crippen molar-refractivity contribution in [1.82, 2.24) is 0 Å². The maximum atomic E-state index is 12.8. The van der Waals surface area contributed by atoms with E-state index in [9.17, 15) is 9.59 Å². The van der Waals surface area contributed by atoms with Crippen LogP contribution in [0, 0.1) is 0 Å². The fourth-order valence-electron chi connectivity index (χ4n) is 3.13. The summed E-state index contributed by atoms with van der Waals surface area (Å²) in [6, 6.07) is 16.7. The van der Waals surface area contributed by atoms with Crippen LogP contribution in [-0.4, -0.2) is 32.8 Å². The van der Waals surface area contributed by atoms with E-state index in [0.717, 1.165) is 0 Å². The van der Waals surface area contributed by atoms with Crippen molar-refractivity contribution in [2.75, 3.05) is 21.0 Å². The van der Waals surface area contributed by atoms with Gasteiger partial charge in [-0.1, -0.05) is 12.1 Å². The molecule has 7 nitrogen and oxygen atoms in total. The van der Waals surface area contributed by atoms with Gasteiger partial charge in [0.1, 0.15) is 5.75 Å². The molecule has 3 aromatic rings. The summed E-state index contributed by atoms with van der Waals surface area (Å²) in [4.78, 5) is 25.3. The molecule has 1 heterocycles. The Morgan fingerprint density at radius 3 is 2.38 bits per heavy atom. The van der Waals surface area contributed by atoms with Crippen LogP contribution in [-0.2, 0) is 0 Å². The Kier molecular flexibility index (Phi) is 6.07. The number of hydrogen-bond acceptors (Lipinski definition) is 7. The molecule has 0 fully saturated rings. The molecular weight excluding hydrogens is 412 g/mol. The summed E-state index contributed by atoms with van der Waals surface area (Å²) in [5.41, 5.74) is 1.31. The number of carbonyl (C=O) groups is 2. The smallest absolute Gasteiger partial charge is 0.343 e. The van der Waals surface area contributed by atoms with Crippen LogP contribution in [0.4, 0.5) is 0 Å². The van der Waals surface area contributed by atoms with E-state index < -0.39 is 5.97 Å². The first kappa shape index (κ1) is 21.0. The SMILES string of the molecule is COc1ccc(C(=O)C=Cc2cccc(OC)c2OC(=O)c2ccc3c(c2)OCO3)cc1. The van der Waals surface area contributed by atoms with Crippen molar-refractivity contribution in [2.24, 2.45) is 0 Å². The summed E-state index contributed by atoms with van der Waals surface area (Å²) in [5, 5.41) is 0. The van der Waals surface area contributed by atoms with Gasteiger partial charge in [-0.3, -0.25) is 4.79 Å². The lowest BCUT2D eigenvalue weighted by Crippen LogP contribution is -2.10. The normalized spacial score (nSPS) is 11.9. The molecule has 162 valence electrons. The van der Waals surface area contributed by atoms with E-state index in [4.69, 9.17) is 23.7 Å². The molecule has 3 aromatic carbocycles. The van der Waals surface area contributed by atoms with Crippen molar-refractivity contribution < 1.29 is 33.3 Å². The molecule has 32 heavy (non-hydrogen) atoms. The lowest BCUT2D eigenvalue weighted by atomic mass is 10.1. The Morgan fingerprint density at radius 1 is 0.875 bits per heavy atom. The zero-order valence-corrected chi connectivity index (χ0v) is 17.5. The standard InChI is InChI=1S/C25H20O7/c1-28-19-10-6-16(7-11-19)20(26)12-8-17-4-3-5-22(29-2)24(17)32-25(27)18-9-13-21-23(14-18)31-15-30-21/h3-14H,15H2,1-2H3. The first-order valence-corrected chi connectivity index (χ1v) is 9.74. The first-order chi connectivity index (χ1) is 15.6. The van der Waals surface area contributed by atoms with Gasteiger partial charge in [0, 0.05) is 11.1 Å². The van der Waals surface area contributed by atoms with Gasteiger partial charge in [0.15, 0.2) is 28.8 Å². The number of carbonyl (C=O) groups excluding carboxylic acids is 2. The third-order valence-electron chi connectivity index (χ3n) is 4.82. The van der Waals surface area contributed by atoms with Gasteiger partial charge >= 0.3 is 5.97 Å². The summed E-state index contributed by atoms with van der Waals surface area (Å²) < 4.78 is 26.7. The summed E-state index contributed by atoms with van der Waals surface area (Å²) >= 11 is 0. The molecule has 0 saturated heterocycles. The highest BCUT2D eigenvalue weighted by atomic mass is 16.7. The molecule has 0 aliphatic carbocycles. The minimum atomic E-state index is -0.594. The van der Waals surface area contributed by atoms with E-state index in [1.54, 1.807) is 73.8 Å². The lowest BCUT2D eigenvalue weighted by molar-refractivity contribution is 0.0728. The van der Waals surface area contributed by atoms with Crippen molar-refractivity contribution in [1.29, 1.82) is 0 Å². The highest BCUT2D eigenvalue weighted by Gasteiger charge is 2.20. The third-order valence-corrected chi connectivity index (χ3v) is 4.82. The Morgan fingerprint density at radius 2 is 1.62 bits per heavy atom. The molecule has 0 amide bonds. The van der Waals surface area contributed by atoms with Crippen LogP contribution in [0.15, 0.2) is 66.7 Å². The molecule has 4 rings (SSSR count). The number of para-hydroxylation sites is 1. The zero-order chi connectivity index (χ0) is 22.5. The average molecular weight is 432 g/mol. The quantitative estimate of drug-likeness (QED) is 0.235. The fourth-order valence-corrected chi connectivity index (χ4v) is 3.13. The highest BCUT2D eigenvalue weighted by Crippen LogP contribution is 2.35. The Labute approximate surface area is 184 Å². The summed E-state index contributed by atoms with van der Waals surface area (Å²) in [7, 11) is 3.04. The minimum absolute atomic E-state index is 0.109. The Bertz CT molecular complexity index is 1180. The van der Waals surface area contributed by atoms with E-state index in [-0.39, 0.29) is 18.3 Å². The van der Waals surface area contributed by atoms with Crippen LogP contribution in [0.5, 0.6) is 28.7 Å². The molecule has 0 spiro atoms. The number of hydrogen-bond donors (Lipinski definition) is 0. The summed E-state index contributed by atoms with van der Waals surface area (Å²) in [5.74, 6) is 1.47. The maximum absolute atomic E-state index is 12.8. The second-order valence-electron chi connectivity index (χ2n) is 6.76. The number of allylic oxidation sites excluding steroid dienone is 1. The minimum Gasteiger partial charge on any atom is -0.497 e. The van der Waals surface area contributed by atoms with Crippen molar-refractivity contribution in [2.45, 2.75) is 0 Å². The van der Waals surface area contributed by atoms with Crippen molar-refractivity contribution in [3.8, 4) is 28.7 Å². The predicted molar refractivity (Wildman–Crippen MR) is 117 cm³/mol. The van der Waals surface area contributed by atoms with E-state index in [1.807, 2.05) is 0 Å². The van der Waals surface area contributed by atoms with Crippen molar-refractivity contribution in [3.05, 3.63) is 83.4 Å². The largest absolute Gasteiger partial charge is 0.497 e. The molecular formula is C25H20O7.